The molecule has 0 atom stereocenters. The van der Waals surface area contributed by atoms with Crippen molar-refractivity contribution in [2.24, 2.45) is 10.7 Å². The summed E-state index contributed by atoms with van der Waals surface area (Å²) in [7, 11) is 0. The van der Waals surface area contributed by atoms with Gasteiger partial charge < -0.3 is 11.1 Å². The number of aryl methyl sites for hydroxylation is 2. The van der Waals surface area contributed by atoms with Gasteiger partial charge in [0.05, 0.1) is 6.54 Å². The summed E-state index contributed by atoms with van der Waals surface area (Å²) >= 11 is 1.93. The second-order valence-electron chi connectivity index (χ2n) is 5.90. The number of aliphatic imine (C=N–C) groups is 1. The molecule has 0 amide bonds. The highest BCUT2D eigenvalue weighted by atomic mass is 127. The lowest BCUT2D eigenvalue weighted by Crippen LogP contribution is -2.37. The van der Waals surface area contributed by atoms with E-state index in [1.165, 1.54) is 49.7 Å². The van der Waals surface area contributed by atoms with Gasteiger partial charge in [0, 0.05) is 10.4 Å². The minimum atomic E-state index is 0. The molecule has 0 bridgehead atoms. The van der Waals surface area contributed by atoms with Gasteiger partial charge in [-0.15, -0.1) is 24.0 Å². The average molecular weight is 417 g/mol. The summed E-state index contributed by atoms with van der Waals surface area (Å²) in [5.74, 6) is 0.545. The van der Waals surface area contributed by atoms with Crippen LogP contribution in [0.2, 0.25) is 0 Å². The van der Waals surface area contributed by atoms with Crippen LogP contribution in [0, 0.1) is 0 Å². The highest BCUT2D eigenvalue weighted by Crippen LogP contribution is 2.42. The van der Waals surface area contributed by atoms with Crippen LogP contribution < -0.4 is 11.1 Å². The Morgan fingerprint density at radius 1 is 1.29 bits per heavy atom. The number of guanidine groups is 1. The molecule has 0 aliphatic heterocycles. The average Bonchev–Trinajstić information content (AvgIpc) is 2.85. The molecule has 3 N–H and O–H groups in total. The molecule has 0 saturated heterocycles. The van der Waals surface area contributed by atoms with E-state index >= 15 is 0 Å². The van der Waals surface area contributed by atoms with Crippen LogP contribution in [0.5, 0.6) is 0 Å². The van der Waals surface area contributed by atoms with Crippen LogP contribution in [0.3, 0.4) is 0 Å². The Bertz CT molecular complexity index is 521. The highest BCUT2D eigenvalue weighted by molar-refractivity contribution is 14.0. The number of hydrogen-bond acceptors (Lipinski definition) is 2. The lowest BCUT2D eigenvalue weighted by atomic mass is 9.84. The molecular formula is C16H24IN3S. The fraction of sp³-hybridized carbons (Fsp3) is 0.562. The van der Waals surface area contributed by atoms with Gasteiger partial charge in [-0.3, -0.25) is 4.99 Å². The minimum absolute atomic E-state index is 0. The summed E-state index contributed by atoms with van der Waals surface area (Å²) in [5, 5.41) is 3.23. The maximum absolute atomic E-state index is 6.02. The lowest BCUT2D eigenvalue weighted by molar-refractivity contribution is 0.372. The molecule has 2 aliphatic rings. The Hall–Kier alpha value is -0.430. The third kappa shape index (κ3) is 3.86. The van der Waals surface area contributed by atoms with E-state index in [1.807, 2.05) is 11.8 Å². The van der Waals surface area contributed by atoms with Crippen LogP contribution in [0.1, 0.15) is 36.8 Å². The molecule has 0 heterocycles. The van der Waals surface area contributed by atoms with Crippen LogP contribution in [-0.2, 0) is 12.8 Å². The molecule has 0 aromatic heterocycles. The zero-order valence-electron chi connectivity index (χ0n) is 12.5. The van der Waals surface area contributed by atoms with Gasteiger partial charge in [-0.05, 0) is 61.6 Å². The number of anilines is 1. The maximum atomic E-state index is 6.02. The topological polar surface area (TPSA) is 50.4 Å². The summed E-state index contributed by atoms with van der Waals surface area (Å²) in [6, 6.07) is 6.55. The Balaban J connectivity index is 0.00000161. The summed E-state index contributed by atoms with van der Waals surface area (Å²) in [6.07, 6.45) is 9.73. The SMILES string of the molecule is CSC1(CN=C(N)Nc2ccc3c(c2)CCC3)CCC1.I. The molecule has 0 spiro atoms. The number of rotatable bonds is 4. The van der Waals surface area contributed by atoms with Crippen molar-refractivity contribution in [1.82, 2.24) is 0 Å². The molecule has 21 heavy (non-hydrogen) atoms. The van der Waals surface area contributed by atoms with Gasteiger partial charge in [0.1, 0.15) is 0 Å². The molecule has 1 aromatic rings. The predicted molar refractivity (Wildman–Crippen MR) is 104 cm³/mol. The smallest absolute Gasteiger partial charge is 0.193 e. The minimum Gasteiger partial charge on any atom is -0.370 e. The van der Waals surface area contributed by atoms with Gasteiger partial charge in [0.25, 0.3) is 0 Å². The molecule has 1 fully saturated rings. The first-order chi connectivity index (χ1) is 9.71. The summed E-state index contributed by atoms with van der Waals surface area (Å²) in [6.45, 7) is 0.831. The van der Waals surface area contributed by atoms with Crippen LogP contribution in [0.25, 0.3) is 0 Å². The third-order valence-corrected chi connectivity index (χ3v) is 6.01. The number of fused-ring (bicyclic) bond motifs is 1. The van der Waals surface area contributed by atoms with E-state index in [4.69, 9.17) is 5.73 Å². The first kappa shape index (κ1) is 16.9. The normalized spacial score (nSPS) is 19.4. The Labute approximate surface area is 148 Å². The molecule has 3 nitrogen and oxygen atoms in total. The van der Waals surface area contributed by atoms with Crippen molar-refractivity contribution >= 4 is 47.4 Å². The number of nitrogens with zero attached hydrogens (tertiary/aromatic N) is 1. The van der Waals surface area contributed by atoms with E-state index in [2.05, 4.69) is 34.8 Å². The second kappa shape index (κ2) is 7.22. The monoisotopic (exact) mass is 417 g/mol. The summed E-state index contributed by atoms with van der Waals surface area (Å²) in [4.78, 5) is 4.54. The van der Waals surface area contributed by atoms with Crippen LogP contribution >= 0.6 is 35.7 Å². The first-order valence-electron chi connectivity index (χ1n) is 7.45. The number of nitrogens with two attached hydrogens (primary N) is 1. The molecule has 1 saturated carbocycles. The van der Waals surface area contributed by atoms with Crippen molar-refractivity contribution in [2.75, 3.05) is 18.1 Å². The fourth-order valence-electron chi connectivity index (χ4n) is 3.06. The molecule has 5 heteroatoms. The number of benzene rings is 1. The van der Waals surface area contributed by atoms with Gasteiger partial charge >= 0.3 is 0 Å². The molecule has 2 aliphatic carbocycles. The van der Waals surface area contributed by atoms with Gasteiger partial charge in [-0.2, -0.15) is 11.8 Å². The lowest BCUT2D eigenvalue weighted by Gasteiger charge is -2.39. The van der Waals surface area contributed by atoms with E-state index in [1.54, 1.807) is 0 Å². The summed E-state index contributed by atoms with van der Waals surface area (Å²) < 4.78 is 0.351. The fourth-order valence-corrected chi connectivity index (χ4v) is 3.95. The second-order valence-corrected chi connectivity index (χ2v) is 7.18. The highest BCUT2D eigenvalue weighted by Gasteiger charge is 2.35. The zero-order valence-corrected chi connectivity index (χ0v) is 15.7. The van der Waals surface area contributed by atoms with Gasteiger partial charge in [-0.25, -0.2) is 0 Å². The van der Waals surface area contributed by atoms with Gasteiger partial charge in [-0.1, -0.05) is 12.5 Å². The molecule has 3 rings (SSSR count). The molecule has 0 unspecified atom stereocenters. The Kier molecular flexibility index (Phi) is 5.82. The van der Waals surface area contributed by atoms with Crippen LogP contribution in [-0.4, -0.2) is 23.5 Å². The van der Waals surface area contributed by atoms with Crippen LogP contribution in [0.4, 0.5) is 5.69 Å². The summed E-state index contributed by atoms with van der Waals surface area (Å²) in [5.41, 5.74) is 10.0. The molecule has 0 radical (unpaired) electrons. The van der Waals surface area contributed by atoms with Crippen molar-refractivity contribution < 1.29 is 0 Å². The number of nitrogens with one attached hydrogen (secondary N) is 1. The Morgan fingerprint density at radius 3 is 2.71 bits per heavy atom. The number of halogens is 1. The molecule has 116 valence electrons. The maximum Gasteiger partial charge on any atom is 0.193 e. The quantitative estimate of drug-likeness (QED) is 0.445. The number of hydrogen-bond donors (Lipinski definition) is 2. The van der Waals surface area contributed by atoms with Crippen molar-refractivity contribution in [2.45, 2.75) is 43.3 Å². The van der Waals surface area contributed by atoms with E-state index in [0.717, 1.165) is 12.2 Å². The first-order valence-corrected chi connectivity index (χ1v) is 8.67. The third-order valence-electron chi connectivity index (χ3n) is 4.61. The van der Waals surface area contributed by atoms with Gasteiger partial charge in [0.15, 0.2) is 5.96 Å². The zero-order chi connectivity index (χ0) is 14.0. The van der Waals surface area contributed by atoms with Crippen molar-refractivity contribution in [3.05, 3.63) is 29.3 Å². The van der Waals surface area contributed by atoms with E-state index in [0.29, 0.717) is 10.7 Å². The van der Waals surface area contributed by atoms with E-state index in [9.17, 15) is 0 Å². The van der Waals surface area contributed by atoms with E-state index < -0.39 is 0 Å². The molecule has 1 aromatic carbocycles. The number of thioether (sulfide) groups is 1. The Morgan fingerprint density at radius 2 is 2.05 bits per heavy atom. The van der Waals surface area contributed by atoms with Crippen molar-refractivity contribution in [3.63, 3.8) is 0 Å². The largest absolute Gasteiger partial charge is 0.370 e. The van der Waals surface area contributed by atoms with Crippen molar-refractivity contribution in [3.8, 4) is 0 Å². The van der Waals surface area contributed by atoms with Gasteiger partial charge in [0.2, 0.25) is 0 Å². The molecular weight excluding hydrogens is 393 g/mol. The van der Waals surface area contributed by atoms with E-state index in [-0.39, 0.29) is 24.0 Å². The standard InChI is InChI=1S/C16H23N3S.HI/c1-20-16(8-3-9-16)11-18-15(17)19-14-7-6-12-4-2-5-13(12)10-14;/h6-7,10H,2-5,8-9,11H2,1H3,(H3,17,18,19);1H. The van der Waals surface area contributed by atoms with Crippen molar-refractivity contribution in [1.29, 1.82) is 0 Å². The predicted octanol–water partition coefficient (Wildman–Crippen LogP) is 3.81. The van der Waals surface area contributed by atoms with Crippen LogP contribution in [0.15, 0.2) is 23.2 Å².